The molecule has 3 nitrogen and oxygen atoms in total. The number of ether oxygens (including phenoxy) is 1. The maximum Gasteiger partial charge on any atom is 0.321 e. The van der Waals surface area contributed by atoms with Gasteiger partial charge in [0, 0.05) is 17.3 Å². The molecule has 1 aromatic heterocycles. The average Bonchev–Trinajstić information content (AvgIpc) is 2.17. The maximum atomic E-state index is 11.4. The minimum Gasteiger partial charge on any atom is -0.468 e. The van der Waals surface area contributed by atoms with Gasteiger partial charge < -0.3 is 4.74 Å². The first-order valence-corrected chi connectivity index (χ1v) is 5.05. The molecule has 4 heteroatoms. The van der Waals surface area contributed by atoms with Crippen molar-refractivity contribution >= 4 is 17.7 Å². The van der Waals surface area contributed by atoms with Gasteiger partial charge in [-0.25, -0.2) is 0 Å². The van der Waals surface area contributed by atoms with Gasteiger partial charge in [-0.15, -0.1) is 11.8 Å². The van der Waals surface area contributed by atoms with Crippen molar-refractivity contribution in [2.24, 2.45) is 0 Å². The molecule has 0 aliphatic carbocycles. The molecular weight excluding hydrogens is 198 g/mol. The number of hydrogen-bond acceptors (Lipinski definition) is 4. The summed E-state index contributed by atoms with van der Waals surface area (Å²) < 4.78 is 4.15. The van der Waals surface area contributed by atoms with Crippen LogP contribution >= 0.6 is 11.8 Å². The van der Waals surface area contributed by atoms with E-state index in [4.69, 9.17) is 4.74 Å². The highest BCUT2D eigenvalue weighted by Crippen LogP contribution is 2.32. The number of aromatic nitrogens is 1. The Kier molecular flexibility index (Phi) is 3.52. The predicted molar refractivity (Wildman–Crippen MR) is 56.2 cm³/mol. The number of pyridine rings is 1. The zero-order valence-corrected chi connectivity index (χ0v) is 9.30. The minimum atomic E-state index is -0.559. The van der Waals surface area contributed by atoms with Crippen molar-refractivity contribution in [3.63, 3.8) is 0 Å². The van der Waals surface area contributed by atoms with Crippen LogP contribution in [0.1, 0.15) is 13.8 Å². The van der Waals surface area contributed by atoms with Gasteiger partial charge in [-0.1, -0.05) is 0 Å². The Bertz CT molecular complexity index is 311. The van der Waals surface area contributed by atoms with Gasteiger partial charge >= 0.3 is 5.97 Å². The third-order valence-corrected chi connectivity index (χ3v) is 2.88. The summed E-state index contributed by atoms with van der Waals surface area (Å²) in [6.45, 7) is 3.67. The van der Waals surface area contributed by atoms with E-state index in [9.17, 15) is 4.79 Å². The molecule has 0 spiro atoms. The van der Waals surface area contributed by atoms with Crippen LogP contribution < -0.4 is 0 Å². The lowest BCUT2D eigenvalue weighted by Gasteiger charge is -2.20. The third kappa shape index (κ3) is 2.73. The van der Waals surface area contributed by atoms with Crippen molar-refractivity contribution in [3.05, 3.63) is 24.5 Å². The third-order valence-electron chi connectivity index (χ3n) is 1.70. The predicted octanol–water partition coefficient (Wildman–Crippen LogP) is 2.13. The molecule has 1 aromatic rings. The summed E-state index contributed by atoms with van der Waals surface area (Å²) in [7, 11) is 1.40. The molecule has 0 N–H and O–H groups in total. The van der Waals surface area contributed by atoms with Crippen LogP contribution in [-0.4, -0.2) is 22.8 Å². The first-order valence-electron chi connectivity index (χ1n) is 4.24. The summed E-state index contributed by atoms with van der Waals surface area (Å²) in [5, 5.41) is 0. The van der Waals surface area contributed by atoms with Crippen LogP contribution in [0.4, 0.5) is 0 Å². The molecule has 0 saturated carbocycles. The number of hydrogen-bond donors (Lipinski definition) is 0. The van der Waals surface area contributed by atoms with Crippen molar-refractivity contribution in [2.75, 3.05) is 7.11 Å². The highest BCUT2D eigenvalue weighted by Gasteiger charge is 2.29. The molecule has 0 atom stereocenters. The molecule has 0 radical (unpaired) electrons. The smallest absolute Gasteiger partial charge is 0.321 e. The van der Waals surface area contributed by atoms with E-state index >= 15 is 0 Å². The van der Waals surface area contributed by atoms with Gasteiger partial charge in [0.2, 0.25) is 0 Å². The first kappa shape index (κ1) is 11.0. The summed E-state index contributed by atoms with van der Waals surface area (Å²) in [5.74, 6) is -0.223. The fourth-order valence-electron chi connectivity index (χ4n) is 0.988. The molecule has 1 rings (SSSR count). The van der Waals surface area contributed by atoms with E-state index in [0.29, 0.717) is 0 Å². The number of methoxy groups -OCH3 is 1. The van der Waals surface area contributed by atoms with Crippen molar-refractivity contribution in [3.8, 4) is 0 Å². The molecule has 0 aromatic carbocycles. The van der Waals surface area contributed by atoms with E-state index in [2.05, 4.69) is 4.98 Å². The minimum absolute atomic E-state index is 0.223. The number of carbonyl (C=O) groups excluding carboxylic acids is 1. The Morgan fingerprint density at radius 2 is 2.00 bits per heavy atom. The average molecular weight is 211 g/mol. The lowest BCUT2D eigenvalue weighted by atomic mass is 10.2. The summed E-state index contributed by atoms with van der Waals surface area (Å²) >= 11 is 1.46. The van der Waals surface area contributed by atoms with Gasteiger partial charge in [-0.2, -0.15) is 0 Å². The molecule has 0 aliphatic rings. The van der Waals surface area contributed by atoms with Crippen LogP contribution in [-0.2, 0) is 9.53 Å². The Hall–Kier alpha value is -1.03. The first-order chi connectivity index (χ1) is 6.56. The Labute approximate surface area is 87.9 Å². The summed E-state index contributed by atoms with van der Waals surface area (Å²) in [6, 6.07) is 3.74. The van der Waals surface area contributed by atoms with E-state index in [-0.39, 0.29) is 5.97 Å². The lowest BCUT2D eigenvalue weighted by molar-refractivity contribution is -0.142. The number of carbonyl (C=O) groups is 1. The van der Waals surface area contributed by atoms with Gasteiger partial charge in [0.15, 0.2) is 0 Å². The van der Waals surface area contributed by atoms with Crippen molar-refractivity contribution < 1.29 is 9.53 Å². The quantitative estimate of drug-likeness (QED) is 0.567. The van der Waals surface area contributed by atoms with Gasteiger partial charge in [-0.05, 0) is 26.0 Å². The molecule has 0 fully saturated rings. The van der Waals surface area contributed by atoms with Gasteiger partial charge in [0.1, 0.15) is 4.75 Å². The topological polar surface area (TPSA) is 39.2 Å². The zero-order chi connectivity index (χ0) is 10.6. The molecule has 14 heavy (non-hydrogen) atoms. The van der Waals surface area contributed by atoms with E-state index in [1.54, 1.807) is 12.4 Å². The number of esters is 1. The Balaban J connectivity index is 2.73. The Morgan fingerprint density at radius 3 is 2.50 bits per heavy atom. The van der Waals surface area contributed by atoms with E-state index in [0.717, 1.165) is 4.90 Å². The fraction of sp³-hybridized carbons (Fsp3) is 0.400. The molecule has 0 amide bonds. The highest BCUT2D eigenvalue weighted by atomic mass is 32.2. The molecular formula is C10H13NO2S. The number of thioether (sulfide) groups is 1. The van der Waals surface area contributed by atoms with Crippen molar-refractivity contribution in [1.29, 1.82) is 0 Å². The van der Waals surface area contributed by atoms with Crippen LogP contribution in [0, 0.1) is 0 Å². The second kappa shape index (κ2) is 4.46. The van der Waals surface area contributed by atoms with Crippen LogP contribution in [0.2, 0.25) is 0 Å². The molecule has 76 valence electrons. The van der Waals surface area contributed by atoms with Crippen LogP contribution in [0.5, 0.6) is 0 Å². The van der Waals surface area contributed by atoms with E-state index in [1.807, 2.05) is 26.0 Å². The standard InChI is InChI=1S/C10H13NO2S/c1-10(2,9(12)13-3)14-8-4-6-11-7-5-8/h4-7H,1-3H3. The highest BCUT2D eigenvalue weighted by molar-refractivity contribution is 8.01. The number of rotatable bonds is 3. The van der Waals surface area contributed by atoms with Gasteiger partial charge in [0.05, 0.1) is 7.11 Å². The van der Waals surface area contributed by atoms with E-state index < -0.39 is 4.75 Å². The monoisotopic (exact) mass is 211 g/mol. The molecule has 1 heterocycles. The van der Waals surface area contributed by atoms with Gasteiger partial charge in [0.25, 0.3) is 0 Å². The maximum absolute atomic E-state index is 11.4. The molecule has 0 unspecified atom stereocenters. The zero-order valence-electron chi connectivity index (χ0n) is 8.48. The lowest BCUT2D eigenvalue weighted by Crippen LogP contribution is -2.28. The number of nitrogens with zero attached hydrogens (tertiary/aromatic N) is 1. The molecule has 0 bridgehead atoms. The summed E-state index contributed by atoms with van der Waals surface area (Å²) in [5.41, 5.74) is 0. The fourth-order valence-corrected chi connectivity index (χ4v) is 2.00. The molecule has 0 aliphatic heterocycles. The second-order valence-electron chi connectivity index (χ2n) is 3.29. The van der Waals surface area contributed by atoms with Crippen LogP contribution in [0.15, 0.2) is 29.4 Å². The van der Waals surface area contributed by atoms with Crippen LogP contribution in [0.25, 0.3) is 0 Å². The van der Waals surface area contributed by atoms with E-state index in [1.165, 1.54) is 18.9 Å². The largest absolute Gasteiger partial charge is 0.468 e. The van der Waals surface area contributed by atoms with Crippen LogP contribution in [0.3, 0.4) is 0 Å². The normalized spacial score (nSPS) is 11.1. The molecule has 0 saturated heterocycles. The van der Waals surface area contributed by atoms with Gasteiger partial charge in [-0.3, -0.25) is 9.78 Å². The second-order valence-corrected chi connectivity index (χ2v) is 4.98. The Morgan fingerprint density at radius 1 is 1.43 bits per heavy atom. The SMILES string of the molecule is COC(=O)C(C)(C)Sc1ccncc1. The summed E-state index contributed by atoms with van der Waals surface area (Å²) in [4.78, 5) is 16.3. The van der Waals surface area contributed by atoms with Crippen molar-refractivity contribution in [1.82, 2.24) is 4.98 Å². The summed E-state index contributed by atoms with van der Waals surface area (Å²) in [6.07, 6.45) is 3.41. The van der Waals surface area contributed by atoms with Crippen molar-refractivity contribution in [2.45, 2.75) is 23.5 Å².